The third-order valence-corrected chi connectivity index (χ3v) is 5.36. The van der Waals surface area contributed by atoms with E-state index in [4.69, 9.17) is 33.8 Å². The summed E-state index contributed by atoms with van der Waals surface area (Å²) in [5.41, 5.74) is -0.265. The van der Waals surface area contributed by atoms with E-state index in [1.54, 1.807) is 27.7 Å². The lowest BCUT2D eigenvalue weighted by molar-refractivity contribution is -0.286. The number of carbonyl (C=O) groups is 3. The van der Waals surface area contributed by atoms with Gasteiger partial charge in [-0.3, -0.25) is 14.1 Å². The van der Waals surface area contributed by atoms with Crippen LogP contribution >= 0.6 is 7.82 Å². The van der Waals surface area contributed by atoms with Gasteiger partial charge in [0.25, 0.3) is 0 Å². The molecular weight excluding hydrogens is 513 g/mol. The largest absolute Gasteiger partial charge is 0.469 e. The molecule has 1 amide bonds. The van der Waals surface area contributed by atoms with E-state index >= 15 is 0 Å². The second-order valence-corrected chi connectivity index (χ2v) is 10.4. The summed E-state index contributed by atoms with van der Waals surface area (Å²) in [5.74, 6) is -0.707. The summed E-state index contributed by atoms with van der Waals surface area (Å²) in [4.78, 5) is 60.6. The van der Waals surface area contributed by atoms with Crippen LogP contribution in [0, 0.1) is 10.8 Å². The van der Waals surface area contributed by atoms with Crippen molar-refractivity contribution in [3.05, 3.63) is 12.2 Å². The summed E-state index contributed by atoms with van der Waals surface area (Å²) in [7, 11) is -4.46. The van der Waals surface area contributed by atoms with Crippen LogP contribution in [0.5, 0.6) is 0 Å². The molecule has 0 bridgehead atoms. The molecular formula is C23H44NO12P. The lowest BCUT2D eigenvalue weighted by Crippen LogP contribution is -2.30. The topological polar surface area (TPSA) is 176 Å². The van der Waals surface area contributed by atoms with Crippen molar-refractivity contribution in [3.8, 4) is 0 Å². The molecule has 3 N–H and O–H groups in total. The highest BCUT2D eigenvalue weighted by Gasteiger charge is 2.27. The first-order valence-electron chi connectivity index (χ1n) is 11.8. The van der Waals surface area contributed by atoms with Crippen LogP contribution in [0.25, 0.3) is 0 Å². The third kappa shape index (κ3) is 21.7. The zero-order chi connectivity index (χ0) is 29.1. The van der Waals surface area contributed by atoms with Crippen molar-refractivity contribution in [2.75, 3.05) is 46.2 Å². The van der Waals surface area contributed by atoms with Gasteiger partial charge in [0.1, 0.15) is 26.4 Å². The van der Waals surface area contributed by atoms with Crippen LogP contribution in [-0.2, 0) is 42.7 Å². The fraction of sp³-hybridized carbons (Fsp3) is 0.783. The maximum atomic E-state index is 11.6. The van der Waals surface area contributed by atoms with Gasteiger partial charge in [-0.25, -0.2) is 19.1 Å². The molecule has 0 aromatic carbocycles. The van der Waals surface area contributed by atoms with Gasteiger partial charge in [-0.05, 0) is 47.5 Å². The zero-order valence-electron chi connectivity index (χ0n) is 23.0. The van der Waals surface area contributed by atoms with E-state index < -0.39 is 30.7 Å². The summed E-state index contributed by atoms with van der Waals surface area (Å²) < 4.78 is 29.0. The van der Waals surface area contributed by atoms with E-state index in [2.05, 4.69) is 16.4 Å². The van der Waals surface area contributed by atoms with Crippen LogP contribution in [-0.4, -0.2) is 74.0 Å². The number of alkyl carbamates (subject to hydrolysis) is 1. The molecule has 13 nitrogen and oxygen atoms in total. The monoisotopic (exact) mass is 557 g/mol. The third-order valence-electron chi connectivity index (χ3n) is 4.84. The molecule has 0 aliphatic carbocycles. The van der Waals surface area contributed by atoms with Crippen LogP contribution in [0.2, 0.25) is 0 Å². The molecule has 0 unspecified atom stereocenters. The average Bonchev–Trinajstić information content (AvgIpc) is 2.80. The van der Waals surface area contributed by atoms with Crippen molar-refractivity contribution in [2.45, 2.75) is 61.3 Å². The molecule has 218 valence electrons. The molecule has 14 heteroatoms. The fourth-order valence-electron chi connectivity index (χ4n) is 1.69. The van der Waals surface area contributed by atoms with Crippen LogP contribution in [0.1, 0.15) is 61.3 Å². The van der Waals surface area contributed by atoms with E-state index in [1.807, 2.05) is 20.8 Å². The van der Waals surface area contributed by atoms with E-state index in [0.29, 0.717) is 19.4 Å². The molecule has 0 saturated carbocycles. The van der Waals surface area contributed by atoms with Gasteiger partial charge in [0.2, 0.25) is 0 Å². The minimum Gasteiger partial charge on any atom is -0.463 e. The highest BCUT2D eigenvalue weighted by molar-refractivity contribution is 7.46. The molecule has 0 rings (SSSR count). The van der Waals surface area contributed by atoms with E-state index in [-0.39, 0.29) is 45.5 Å². The molecule has 0 fully saturated rings. The molecule has 0 aromatic heterocycles. The number of amides is 1. The molecule has 0 aromatic rings. The predicted molar refractivity (Wildman–Crippen MR) is 134 cm³/mol. The van der Waals surface area contributed by atoms with Gasteiger partial charge in [-0.2, -0.15) is 0 Å². The highest BCUT2D eigenvalue weighted by Crippen LogP contribution is 2.35. The van der Waals surface area contributed by atoms with Gasteiger partial charge < -0.3 is 29.3 Å². The summed E-state index contributed by atoms with van der Waals surface area (Å²) in [6.45, 7) is 16.6. The maximum absolute atomic E-state index is 11.6. The zero-order valence-corrected chi connectivity index (χ0v) is 23.9. The van der Waals surface area contributed by atoms with Crippen molar-refractivity contribution in [2.24, 2.45) is 10.8 Å². The number of phosphoric acid groups is 1. The number of hydrogen-bond acceptors (Lipinski definition) is 10. The first kappa shape index (κ1) is 37.1. The van der Waals surface area contributed by atoms with Crippen LogP contribution in [0.3, 0.4) is 0 Å². The van der Waals surface area contributed by atoms with E-state index in [0.717, 1.165) is 5.57 Å². The van der Waals surface area contributed by atoms with Crippen molar-refractivity contribution >= 4 is 25.9 Å². The highest BCUT2D eigenvalue weighted by atomic mass is 31.2. The Balaban J connectivity index is 0. The Labute approximate surface area is 219 Å². The second-order valence-electron chi connectivity index (χ2n) is 9.17. The molecule has 0 heterocycles. The Morgan fingerprint density at radius 1 is 0.811 bits per heavy atom. The number of ether oxygens (including phenoxy) is 3. The van der Waals surface area contributed by atoms with Gasteiger partial charge in [0.15, 0.2) is 0 Å². The lowest BCUT2D eigenvalue weighted by atomic mass is 9.91. The molecule has 0 spiro atoms. The molecule has 0 aliphatic rings. The van der Waals surface area contributed by atoms with Crippen LogP contribution in [0.15, 0.2) is 12.2 Å². The average molecular weight is 558 g/mol. The number of esters is 2. The smallest absolute Gasteiger partial charge is 0.463 e. The summed E-state index contributed by atoms with van der Waals surface area (Å²) >= 11 is 0. The van der Waals surface area contributed by atoms with Crippen molar-refractivity contribution < 1.29 is 57.2 Å². The quantitative estimate of drug-likeness (QED) is 0.0453. The Bertz CT molecular complexity index is 748. The summed E-state index contributed by atoms with van der Waals surface area (Å²) in [5, 5.41) is 2.47. The van der Waals surface area contributed by atoms with Gasteiger partial charge in [0.05, 0.1) is 24.0 Å². The number of carbonyl (C=O) groups excluding carboxylic acids is 3. The second kappa shape index (κ2) is 19.1. The molecule has 0 aliphatic heterocycles. The number of phosphoric ester groups is 1. The van der Waals surface area contributed by atoms with E-state index in [1.165, 1.54) is 0 Å². The van der Waals surface area contributed by atoms with Crippen molar-refractivity contribution in [1.82, 2.24) is 5.32 Å². The Morgan fingerprint density at radius 3 is 1.70 bits per heavy atom. The fourth-order valence-corrected chi connectivity index (χ4v) is 2.00. The van der Waals surface area contributed by atoms with Crippen molar-refractivity contribution in [1.29, 1.82) is 0 Å². The lowest BCUT2D eigenvalue weighted by Gasteiger charge is -2.20. The van der Waals surface area contributed by atoms with Gasteiger partial charge in [-0.15, -0.1) is 0 Å². The molecule has 0 radical (unpaired) electrons. The first-order valence-corrected chi connectivity index (χ1v) is 13.4. The first-order chi connectivity index (χ1) is 17.0. The maximum Gasteiger partial charge on any atom is 0.469 e. The van der Waals surface area contributed by atoms with Gasteiger partial charge in [-0.1, -0.05) is 26.0 Å². The molecule has 0 atom stereocenters. The number of nitrogens with one attached hydrogen (secondary N) is 1. The Hall–Kier alpha value is -2.02. The minimum atomic E-state index is -4.46. The molecule has 37 heavy (non-hydrogen) atoms. The standard InChI is InChI=1S/C15H27NO6.C8H17O6P/c1-6-15(4,5)13(17)19-9-10-20-14(18)16-7-8-21-22-11-12(2)3;1-4-8(2,3)7(9)13-5-6-14-15(10,11)12/h2,6-11H2,1,3-5H3,(H,16,18);4-6H2,1-3H3,(H2,10,11,12). The summed E-state index contributed by atoms with van der Waals surface area (Å²) in [6.07, 6.45) is 0.709. The summed E-state index contributed by atoms with van der Waals surface area (Å²) in [6, 6.07) is 0. The normalized spacial score (nSPS) is 11.6. The van der Waals surface area contributed by atoms with E-state index in [9.17, 15) is 18.9 Å². The van der Waals surface area contributed by atoms with Crippen LogP contribution in [0.4, 0.5) is 4.79 Å². The predicted octanol–water partition coefficient (Wildman–Crippen LogP) is 3.29. The minimum absolute atomic E-state index is 0.00435. The molecule has 0 saturated heterocycles. The van der Waals surface area contributed by atoms with Gasteiger partial charge in [0, 0.05) is 6.54 Å². The number of hydrogen-bond donors (Lipinski definition) is 3. The number of rotatable bonds is 17. The Morgan fingerprint density at radius 2 is 1.27 bits per heavy atom. The van der Waals surface area contributed by atoms with Crippen molar-refractivity contribution in [3.63, 3.8) is 0 Å². The van der Waals surface area contributed by atoms with Gasteiger partial charge >= 0.3 is 25.9 Å². The Kier molecular flexibility index (Phi) is 19.2. The SMILES string of the molecule is C=C(C)COOCCNC(=O)OCCOC(=O)C(C)(C)CC.CCC(C)(C)C(=O)OCCOP(=O)(O)O. The van der Waals surface area contributed by atoms with Crippen LogP contribution < -0.4 is 5.32 Å².